The van der Waals surface area contributed by atoms with Crippen LogP contribution in [0.2, 0.25) is 0 Å². The third-order valence-corrected chi connectivity index (χ3v) is 3.97. The molecule has 2 heterocycles. The standard InChI is InChI=1S/C16H21N3O/c1-17-16(13-6-5-11-20-12-13)15-9-10-18-19(15)14-7-3-2-4-8-14/h2-4,7-10,13,16-17H,5-6,11-12H2,1H3. The summed E-state index contributed by atoms with van der Waals surface area (Å²) in [6.07, 6.45) is 4.21. The van der Waals surface area contributed by atoms with Crippen LogP contribution in [0.5, 0.6) is 0 Å². The Morgan fingerprint density at radius 3 is 2.85 bits per heavy atom. The molecule has 3 rings (SSSR count). The van der Waals surface area contributed by atoms with Crippen LogP contribution in [0.1, 0.15) is 24.6 Å². The molecule has 1 aliphatic rings. The Morgan fingerprint density at radius 2 is 2.15 bits per heavy atom. The second kappa shape index (κ2) is 6.20. The molecule has 1 fully saturated rings. The summed E-state index contributed by atoms with van der Waals surface area (Å²) in [5.74, 6) is 0.507. The van der Waals surface area contributed by atoms with Gasteiger partial charge in [-0.05, 0) is 38.1 Å². The average Bonchev–Trinajstić information content (AvgIpc) is 2.99. The number of benzene rings is 1. The first-order chi connectivity index (χ1) is 9.90. The molecule has 1 aliphatic heterocycles. The highest BCUT2D eigenvalue weighted by Crippen LogP contribution is 2.29. The van der Waals surface area contributed by atoms with Crippen molar-refractivity contribution in [2.24, 2.45) is 5.92 Å². The molecule has 4 heteroatoms. The first kappa shape index (κ1) is 13.3. The van der Waals surface area contributed by atoms with E-state index in [1.54, 1.807) is 0 Å². The highest BCUT2D eigenvalue weighted by atomic mass is 16.5. The van der Waals surface area contributed by atoms with Crippen molar-refractivity contribution in [3.63, 3.8) is 0 Å². The lowest BCUT2D eigenvalue weighted by atomic mass is 9.91. The van der Waals surface area contributed by atoms with E-state index in [4.69, 9.17) is 4.74 Å². The van der Waals surface area contributed by atoms with Crippen LogP contribution in [-0.2, 0) is 4.74 Å². The van der Waals surface area contributed by atoms with E-state index in [9.17, 15) is 0 Å². The molecule has 0 radical (unpaired) electrons. The number of aromatic nitrogens is 2. The van der Waals surface area contributed by atoms with Crippen molar-refractivity contribution in [2.75, 3.05) is 20.3 Å². The number of nitrogens with zero attached hydrogens (tertiary/aromatic N) is 2. The molecule has 106 valence electrons. The lowest BCUT2D eigenvalue weighted by Crippen LogP contribution is -2.32. The fourth-order valence-electron chi connectivity index (χ4n) is 2.99. The highest BCUT2D eigenvalue weighted by molar-refractivity contribution is 5.33. The van der Waals surface area contributed by atoms with Gasteiger partial charge in [-0.15, -0.1) is 0 Å². The second-order valence-electron chi connectivity index (χ2n) is 5.25. The number of nitrogens with one attached hydrogen (secondary N) is 1. The quantitative estimate of drug-likeness (QED) is 0.929. The molecule has 2 unspecified atom stereocenters. The summed E-state index contributed by atoms with van der Waals surface area (Å²) >= 11 is 0. The summed E-state index contributed by atoms with van der Waals surface area (Å²) in [7, 11) is 2.02. The molecule has 0 amide bonds. The minimum Gasteiger partial charge on any atom is -0.381 e. The van der Waals surface area contributed by atoms with E-state index < -0.39 is 0 Å². The minimum atomic E-state index is 0.276. The summed E-state index contributed by atoms with van der Waals surface area (Å²) in [5.41, 5.74) is 2.30. The second-order valence-corrected chi connectivity index (χ2v) is 5.25. The molecular weight excluding hydrogens is 250 g/mol. The lowest BCUT2D eigenvalue weighted by Gasteiger charge is -2.30. The zero-order chi connectivity index (χ0) is 13.8. The van der Waals surface area contributed by atoms with Crippen molar-refractivity contribution in [1.29, 1.82) is 0 Å². The van der Waals surface area contributed by atoms with Gasteiger partial charge in [0.1, 0.15) is 0 Å². The Bertz CT molecular complexity index is 532. The fraction of sp³-hybridized carbons (Fsp3) is 0.438. The number of hydrogen-bond acceptors (Lipinski definition) is 3. The SMILES string of the molecule is CNC(c1ccnn1-c1ccccc1)C1CCCOC1. The molecule has 20 heavy (non-hydrogen) atoms. The fourth-order valence-corrected chi connectivity index (χ4v) is 2.99. The largest absolute Gasteiger partial charge is 0.381 e. The Morgan fingerprint density at radius 1 is 1.30 bits per heavy atom. The monoisotopic (exact) mass is 271 g/mol. The van der Waals surface area contributed by atoms with E-state index in [-0.39, 0.29) is 6.04 Å². The summed E-state index contributed by atoms with van der Waals surface area (Å²) in [5, 5.41) is 7.93. The minimum absolute atomic E-state index is 0.276. The first-order valence-corrected chi connectivity index (χ1v) is 7.24. The molecule has 4 nitrogen and oxygen atoms in total. The predicted molar refractivity (Wildman–Crippen MR) is 78.9 cm³/mol. The van der Waals surface area contributed by atoms with Gasteiger partial charge >= 0.3 is 0 Å². The summed E-state index contributed by atoms with van der Waals surface area (Å²) < 4.78 is 7.66. The van der Waals surface area contributed by atoms with Gasteiger partial charge in [-0.3, -0.25) is 0 Å². The number of ether oxygens (including phenoxy) is 1. The maximum absolute atomic E-state index is 5.64. The summed E-state index contributed by atoms with van der Waals surface area (Å²) in [6, 6.07) is 12.6. The number of rotatable bonds is 4. The molecule has 0 saturated carbocycles. The number of para-hydroxylation sites is 1. The molecule has 0 bridgehead atoms. The van der Waals surface area contributed by atoms with E-state index in [1.165, 1.54) is 12.1 Å². The van der Waals surface area contributed by atoms with Gasteiger partial charge in [0.15, 0.2) is 0 Å². The van der Waals surface area contributed by atoms with Gasteiger partial charge in [0.25, 0.3) is 0 Å². The smallest absolute Gasteiger partial charge is 0.0649 e. The van der Waals surface area contributed by atoms with Gasteiger partial charge in [-0.2, -0.15) is 5.10 Å². The highest BCUT2D eigenvalue weighted by Gasteiger charge is 2.27. The van der Waals surface area contributed by atoms with Crippen LogP contribution in [0.4, 0.5) is 0 Å². The van der Waals surface area contributed by atoms with Gasteiger partial charge in [0, 0.05) is 18.7 Å². The molecule has 2 atom stereocenters. The third kappa shape index (κ3) is 2.62. The molecule has 1 N–H and O–H groups in total. The Labute approximate surface area is 119 Å². The van der Waals surface area contributed by atoms with Gasteiger partial charge in [-0.1, -0.05) is 18.2 Å². The number of hydrogen-bond donors (Lipinski definition) is 1. The molecule has 0 aliphatic carbocycles. The zero-order valence-electron chi connectivity index (χ0n) is 11.8. The van der Waals surface area contributed by atoms with Crippen molar-refractivity contribution in [2.45, 2.75) is 18.9 Å². The van der Waals surface area contributed by atoms with Crippen LogP contribution in [0.3, 0.4) is 0 Å². The maximum Gasteiger partial charge on any atom is 0.0649 e. The Hall–Kier alpha value is -1.65. The van der Waals surface area contributed by atoms with Crippen LogP contribution in [0, 0.1) is 5.92 Å². The van der Waals surface area contributed by atoms with Crippen molar-refractivity contribution < 1.29 is 4.74 Å². The first-order valence-electron chi connectivity index (χ1n) is 7.24. The lowest BCUT2D eigenvalue weighted by molar-refractivity contribution is 0.0392. The Balaban J connectivity index is 1.91. The molecule has 2 aromatic rings. The van der Waals surface area contributed by atoms with E-state index in [0.29, 0.717) is 5.92 Å². The van der Waals surface area contributed by atoms with Crippen LogP contribution in [0.25, 0.3) is 5.69 Å². The van der Waals surface area contributed by atoms with Gasteiger partial charge in [0.2, 0.25) is 0 Å². The molecular formula is C16H21N3O. The van der Waals surface area contributed by atoms with E-state index in [2.05, 4.69) is 28.6 Å². The van der Waals surface area contributed by atoms with Crippen LogP contribution < -0.4 is 5.32 Å². The normalized spacial score (nSPS) is 20.8. The zero-order valence-corrected chi connectivity index (χ0v) is 11.8. The van der Waals surface area contributed by atoms with Gasteiger partial charge in [0.05, 0.1) is 24.0 Å². The van der Waals surface area contributed by atoms with E-state index in [0.717, 1.165) is 25.3 Å². The molecule has 1 aromatic carbocycles. The van der Waals surface area contributed by atoms with E-state index in [1.807, 2.05) is 36.1 Å². The molecule has 1 aromatic heterocycles. The van der Waals surface area contributed by atoms with Crippen molar-refractivity contribution in [3.05, 3.63) is 48.3 Å². The third-order valence-electron chi connectivity index (χ3n) is 3.97. The molecule has 0 spiro atoms. The van der Waals surface area contributed by atoms with Crippen LogP contribution in [-0.4, -0.2) is 30.0 Å². The van der Waals surface area contributed by atoms with Crippen molar-refractivity contribution >= 4 is 0 Å². The summed E-state index contributed by atoms with van der Waals surface area (Å²) in [4.78, 5) is 0. The van der Waals surface area contributed by atoms with Gasteiger partial charge in [-0.25, -0.2) is 4.68 Å². The van der Waals surface area contributed by atoms with Crippen LogP contribution in [0.15, 0.2) is 42.6 Å². The maximum atomic E-state index is 5.64. The predicted octanol–water partition coefficient (Wildman–Crippen LogP) is 2.56. The molecule has 1 saturated heterocycles. The van der Waals surface area contributed by atoms with Crippen molar-refractivity contribution in [1.82, 2.24) is 15.1 Å². The topological polar surface area (TPSA) is 39.1 Å². The Kier molecular flexibility index (Phi) is 4.14. The van der Waals surface area contributed by atoms with E-state index >= 15 is 0 Å². The van der Waals surface area contributed by atoms with Gasteiger partial charge < -0.3 is 10.1 Å². The average molecular weight is 271 g/mol. The summed E-state index contributed by atoms with van der Waals surface area (Å²) in [6.45, 7) is 1.72. The van der Waals surface area contributed by atoms with Crippen LogP contribution >= 0.6 is 0 Å². The van der Waals surface area contributed by atoms with Crippen molar-refractivity contribution in [3.8, 4) is 5.69 Å².